The van der Waals surface area contributed by atoms with Gasteiger partial charge in [0.2, 0.25) is 0 Å². The molecular formula is C10H15N5. The van der Waals surface area contributed by atoms with E-state index in [2.05, 4.69) is 16.0 Å². The third-order valence-electron chi connectivity index (χ3n) is 2.10. The molecule has 0 radical (unpaired) electrons. The first-order valence-corrected chi connectivity index (χ1v) is 4.90. The minimum Gasteiger partial charge on any atom is -0.381 e. The second kappa shape index (κ2) is 5.15. The number of nitrogens with zero attached hydrogens (tertiary/aromatic N) is 4. The molecule has 1 heterocycles. The maximum Gasteiger partial charge on any atom is 0.171 e. The maximum absolute atomic E-state index is 8.75. The standard InChI is InChI=1S/C10H15N5/c1-3-15(7-8(2)6-11)10-9(12)13-4-5-14-10/h4-5,8H,3,7H2,1-2H3,(H2,12,13). The molecule has 1 atom stereocenters. The number of nitrogens with two attached hydrogens (primary N) is 1. The Labute approximate surface area is 89.6 Å². The number of hydrogen-bond acceptors (Lipinski definition) is 5. The second-order valence-corrected chi connectivity index (χ2v) is 3.33. The summed E-state index contributed by atoms with van der Waals surface area (Å²) in [6, 6.07) is 2.19. The summed E-state index contributed by atoms with van der Waals surface area (Å²) < 4.78 is 0. The van der Waals surface area contributed by atoms with Crippen molar-refractivity contribution in [2.75, 3.05) is 23.7 Å². The molecule has 0 aliphatic rings. The average Bonchev–Trinajstić information content (AvgIpc) is 2.26. The fraction of sp³-hybridized carbons (Fsp3) is 0.500. The van der Waals surface area contributed by atoms with Crippen LogP contribution in [0, 0.1) is 17.2 Å². The lowest BCUT2D eigenvalue weighted by molar-refractivity contribution is 0.679. The Morgan fingerprint density at radius 2 is 2.20 bits per heavy atom. The van der Waals surface area contributed by atoms with Crippen molar-refractivity contribution in [1.82, 2.24) is 9.97 Å². The van der Waals surface area contributed by atoms with Gasteiger partial charge in [0.1, 0.15) is 0 Å². The van der Waals surface area contributed by atoms with E-state index < -0.39 is 0 Å². The van der Waals surface area contributed by atoms with Crippen molar-refractivity contribution in [2.24, 2.45) is 5.92 Å². The van der Waals surface area contributed by atoms with Gasteiger partial charge in [0.15, 0.2) is 11.6 Å². The summed E-state index contributed by atoms with van der Waals surface area (Å²) >= 11 is 0. The van der Waals surface area contributed by atoms with Crippen LogP contribution in [0.4, 0.5) is 11.6 Å². The van der Waals surface area contributed by atoms with E-state index in [1.165, 1.54) is 0 Å². The number of hydrogen-bond donors (Lipinski definition) is 1. The van der Waals surface area contributed by atoms with Gasteiger partial charge in [-0.15, -0.1) is 0 Å². The molecule has 0 aromatic carbocycles. The monoisotopic (exact) mass is 205 g/mol. The molecule has 1 unspecified atom stereocenters. The molecule has 1 rings (SSSR count). The molecular weight excluding hydrogens is 190 g/mol. The Kier molecular flexibility index (Phi) is 3.86. The summed E-state index contributed by atoms with van der Waals surface area (Å²) in [5.74, 6) is 1.01. The molecule has 0 aliphatic carbocycles. The summed E-state index contributed by atoms with van der Waals surface area (Å²) in [4.78, 5) is 10.1. The topological polar surface area (TPSA) is 78.8 Å². The first kappa shape index (κ1) is 11.2. The largest absolute Gasteiger partial charge is 0.381 e. The van der Waals surface area contributed by atoms with E-state index in [0.717, 1.165) is 6.54 Å². The van der Waals surface area contributed by atoms with Gasteiger partial charge in [-0.2, -0.15) is 5.26 Å². The Balaban J connectivity index is 2.84. The third kappa shape index (κ3) is 2.81. The van der Waals surface area contributed by atoms with E-state index in [1.807, 2.05) is 18.7 Å². The molecule has 80 valence electrons. The fourth-order valence-corrected chi connectivity index (χ4v) is 1.32. The molecule has 0 bridgehead atoms. The highest BCUT2D eigenvalue weighted by Crippen LogP contribution is 2.17. The minimum absolute atomic E-state index is 0.0497. The van der Waals surface area contributed by atoms with E-state index >= 15 is 0 Å². The van der Waals surface area contributed by atoms with E-state index in [4.69, 9.17) is 11.0 Å². The molecule has 5 nitrogen and oxygen atoms in total. The zero-order valence-corrected chi connectivity index (χ0v) is 9.01. The van der Waals surface area contributed by atoms with Crippen LogP contribution in [0.2, 0.25) is 0 Å². The van der Waals surface area contributed by atoms with Crippen molar-refractivity contribution in [3.63, 3.8) is 0 Å². The van der Waals surface area contributed by atoms with E-state index in [0.29, 0.717) is 18.2 Å². The summed E-state index contributed by atoms with van der Waals surface area (Å²) in [5, 5.41) is 8.75. The summed E-state index contributed by atoms with van der Waals surface area (Å²) in [7, 11) is 0. The molecule has 15 heavy (non-hydrogen) atoms. The highest BCUT2D eigenvalue weighted by Gasteiger charge is 2.12. The molecule has 2 N–H and O–H groups in total. The van der Waals surface area contributed by atoms with Gasteiger partial charge in [-0.1, -0.05) is 0 Å². The predicted molar refractivity (Wildman–Crippen MR) is 59.1 cm³/mol. The molecule has 0 saturated heterocycles. The van der Waals surface area contributed by atoms with Crippen LogP contribution in [0.15, 0.2) is 12.4 Å². The van der Waals surface area contributed by atoms with Crippen molar-refractivity contribution in [1.29, 1.82) is 5.26 Å². The van der Waals surface area contributed by atoms with Crippen LogP contribution < -0.4 is 10.6 Å². The van der Waals surface area contributed by atoms with E-state index in [1.54, 1.807) is 12.4 Å². The lowest BCUT2D eigenvalue weighted by atomic mass is 10.2. The smallest absolute Gasteiger partial charge is 0.171 e. The lowest BCUT2D eigenvalue weighted by Gasteiger charge is -2.23. The number of rotatable bonds is 4. The van der Waals surface area contributed by atoms with Crippen molar-refractivity contribution in [3.8, 4) is 6.07 Å². The van der Waals surface area contributed by atoms with Crippen LogP contribution in [0.3, 0.4) is 0 Å². The highest BCUT2D eigenvalue weighted by molar-refractivity contribution is 5.57. The van der Waals surface area contributed by atoms with Gasteiger partial charge in [0.05, 0.1) is 12.0 Å². The predicted octanol–water partition coefficient (Wildman–Crippen LogP) is 1.04. The lowest BCUT2D eigenvalue weighted by Crippen LogP contribution is -2.29. The van der Waals surface area contributed by atoms with Gasteiger partial charge >= 0.3 is 0 Å². The molecule has 5 heteroatoms. The van der Waals surface area contributed by atoms with Gasteiger partial charge in [-0.05, 0) is 13.8 Å². The number of anilines is 2. The number of nitriles is 1. The number of nitrogen functional groups attached to an aromatic ring is 1. The first-order chi connectivity index (χ1) is 7.19. The Morgan fingerprint density at radius 3 is 2.73 bits per heavy atom. The minimum atomic E-state index is -0.0497. The second-order valence-electron chi connectivity index (χ2n) is 3.33. The Morgan fingerprint density at radius 1 is 1.53 bits per heavy atom. The highest BCUT2D eigenvalue weighted by atomic mass is 15.2. The first-order valence-electron chi connectivity index (χ1n) is 4.90. The molecule has 1 aromatic heterocycles. The SMILES string of the molecule is CCN(CC(C)C#N)c1nccnc1N. The molecule has 0 fully saturated rings. The van der Waals surface area contributed by atoms with Crippen LogP contribution in [-0.4, -0.2) is 23.1 Å². The van der Waals surface area contributed by atoms with Gasteiger partial charge in [0, 0.05) is 25.5 Å². The maximum atomic E-state index is 8.75. The number of aromatic nitrogens is 2. The summed E-state index contributed by atoms with van der Waals surface area (Å²) in [6.45, 7) is 5.25. The molecule has 1 aromatic rings. The van der Waals surface area contributed by atoms with Gasteiger partial charge in [-0.3, -0.25) is 0 Å². The van der Waals surface area contributed by atoms with E-state index in [-0.39, 0.29) is 5.92 Å². The summed E-state index contributed by atoms with van der Waals surface area (Å²) in [5.41, 5.74) is 5.72. The molecule has 0 saturated carbocycles. The van der Waals surface area contributed by atoms with Crippen LogP contribution in [0.25, 0.3) is 0 Å². The normalized spacial score (nSPS) is 11.8. The molecule has 0 amide bonds. The third-order valence-corrected chi connectivity index (χ3v) is 2.10. The molecule has 0 aliphatic heterocycles. The summed E-state index contributed by atoms with van der Waals surface area (Å²) in [6.07, 6.45) is 3.16. The van der Waals surface area contributed by atoms with Crippen molar-refractivity contribution in [3.05, 3.63) is 12.4 Å². The van der Waals surface area contributed by atoms with E-state index in [9.17, 15) is 0 Å². The Bertz CT molecular complexity index is 357. The average molecular weight is 205 g/mol. The van der Waals surface area contributed by atoms with Gasteiger partial charge < -0.3 is 10.6 Å². The van der Waals surface area contributed by atoms with Crippen LogP contribution in [0.5, 0.6) is 0 Å². The van der Waals surface area contributed by atoms with Crippen LogP contribution >= 0.6 is 0 Å². The van der Waals surface area contributed by atoms with Crippen LogP contribution in [0.1, 0.15) is 13.8 Å². The molecule has 0 spiro atoms. The zero-order chi connectivity index (χ0) is 11.3. The van der Waals surface area contributed by atoms with Gasteiger partial charge in [0.25, 0.3) is 0 Å². The van der Waals surface area contributed by atoms with Crippen molar-refractivity contribution >= 4 is 11.6 Å². The van der Waals surface area contributed by atoms with Gasteiger partial charge in [-0.25, -0.2) is 9.97 Å². The zero-order valence-electron chi connectivity index (χ0n) is 9.01. The quantitative estimate of drug-likeness (QED) is 0.794. The van der Waals surface area contributed by atoms with Crippen molar-refractivity contribution < 1.29 is 0 Å². The fourth-order valence-electron chi connectivity index (χ4n) is 1.32. The van der Waals surface area contributed by atoms with Crippen molar-refractivity contribution in [2.45, 2.75) is 13.8 Å². The van der Waals surface area contributed by atoms with Crippen LogP contribution in [-0.2, 0) is 0 Å². The Hall–Kier alpha value is -1.83.